The van der Waals surface area contributed by atoms with E-state index in [9.17, 15) is 0 Å². The minimum absolute atomic E-state index is 0.561. The van der Waals surface area contributed by atoms with Crippen molar-refractivity contribution in [1.29, 1.82) is 0 Å². The van der Waals surface area contributed by atoms with E-state index in [0.717, 1.165) is 25.1 Å². The highest BCUT2D eigenvalue weighted by Crippen LogP contribution is 2.34. The smallest absolute Gasteiger partial charge is 0.0575 e. The summed E-state index contributed by atoms with van der Waals surface area (Å²) < 4.78 is 5.82. The zero-order chi connectivity index (χ0) is 11.9. The Kier molecular flexibility index (Phi) is 5.79. The lowest BCUT2D eigenvalue weighted by Crippen LogP contribution is -2.31. The maximum atomic E-state index is 5.82. The molecule has 2 aliphatic rings. The molecule has 0 aromatic heterocycles. The molecular weight excluding hydrogens is 210 g/mol. The second kappa shape index (κ2) is 7.38. The third-order valence-electron chi connectivity index (χ3n) is 4.22. The SMILES string of the molecule is CCNC(CCC1CC1)CCC1CCCCO1. The Morgan fingerprint density at radius 2 is 1.94 bits per heavy atom. The van der Waals surface area contributed by atoms with E-state index in [1.54, 1.807) is 0 Å². The summed E-state index contributed by atoms with van der Waals surface area (Å²) in [4.78, 5) is 0. The average molecular weight is 239 g/mol. The zero-order valence-electron chi connectivity index (χ0n) is 11.4. The van der Waals surface area contributed by atoms with Crippen LogP contribution in [0.2, 0.25) is 0 Å². The highest BCUT2D eigenvalue weighted by atomic mass is 16.5. The fourth-order valence-electron chi connectivity index (χ4n) is 2.90. The van der Waals surface area contributed by atoms with E-state index in [-0.39, 0.29) is 0 Å². The normalized spacial score (nSPS) is 27.0. The van der Waals surface area contributed by atoms with Crippen molar-refractivity contribution >= 4 is 0 Å². The van der Waals surface area contributed by atoms with Crippen molar-refractivity contribution < 1.29 is 4.74 Å². The fourth-order valence-corrected chi connectivity index (χ4v) is 2.90. The summed E-state index contributed by atoms with van der Waals surface area (Å²) in [6.45, 7) is 4.33. The monoisotopic (exact) mass is 239 g/mol. The van der Waals surface area contributed by atoms with Gasteiger partial charge in [-0.3, -0.25) is 0 Å². The van der Waals surface area contributed by atoms with Gasteiger partial charge in [0.2, 0.25) is 0 Å². The molecule has 0 amide bonds. The standard InChI is InChI=1S/C15H29NO/c1-2-16-14(9-8-13-6-7-13)10-11-15-5-3-4-12-17-15/h13-16H,2-12H2,1H3. The van der Waals surface area contributed by atoms with Gasteiger partial charge in [0.25, 0.3) is 0 Å². The van der Waals surface area contributed by atoms with Gasteiger partial charge in [-0.05, 0) is 57.4 Å². The summed E-state index contributed by atoms with van der Waals surface area (Å²) in [7, 11) is 0. The van der Waals surface area contributed by atoms with Crippen LogP contribution in [0.4, 0.5) is 0 Å². The third kappa shape index (κ3) is 5.39. The summed E-state index contributed by atoms with van der Waals surface area (Å²) in [5.74, 6) is 1.07. The first-order valence-electron chi connectivity index (χ1n) is 7.73. The first-order valence-corrected chi connectivity index (χ1v) is 7.73. The largest absolute Gasteiger partial charge is 0.378 e. The van der Waals surface area contributed by atoms with Crippen molar-refractivity contribution in [3.63, 3.8) is 0 Å². The van der Waals surface area contributed by atoms with Crippen LogP contribution in [0.15, 0.2) is 0 Å². The molecule has 1 heterocycles. The summed E-state index contributed by atoms with van der Waals surface area (Å²) in [5, 5.41) is 3.65. The van der Waals surface area contributed by atoms with Gasteiger partial charge in [-0.25, -0.2) is 0 Å². The minimum atomic E-state index is 0.561. The molecule has 1 saturated carbocycles. The van der Waals surface area contributed by atoms with Crippen molar-refractivity contribution in [2.24, 2.45) is 5.92 Å². The summed E-state index contributed by atoms with van der Waals surface area (Å²) in [5.41, 5.74) is 0. The van der Waals surface area contributed by atoms with Gasteiger partial charge in [-0.15, -0.1) is 0 Å². The number of nitrogens with one attached hydrogen (secondary N) is 1. The number of hydrogen-bond donors (Lipinski definition) is 1. The Labute approximate surface area is 107 Å². The Hall–Kier alpha value is -0.0800. The zero-order valence-corrected chi connectivity index (χ0v) is 11.4. The van der Waals surface area contributed by atoms with Crippen LogP contribution in [0.25, 0.3) is 0 Å². The van der Waals surface area contributed by atoms with Crippen molar-refractivity contribution in [2.75, 3.05) is 13.2 Å². The molecule has 100 valence electrons. The van der Waals surface area contributed by atoms with E-state index in [1.165, 1.54) is 57.8 Å². The molecule has 0 radical (unpaired) electrons. The molecule has 17 heavy (non-hydrogen) atoms. The van der Waals surface area contributed by atoms with Crippen LogP contribution < -0.4 is 5.32 Å². The number of rotatable bonds is 8. The molecule has 2 unspecified atom stereocenters. The van der Waals surface area contributed by atoms with E-state index in [2.05, 4.69) is 12.2 Å². The predicted octanol–water partition coefficient (Wildman–Crippen LogP) is 3.50. The Bertz CT molecular complexity index is 197. The summed E-state index contributed by atoms with van der Waals surface area (Å²) in [6, 6.07) is 0.742. The van der Waals surface area contributed by atoms with Crippen LogP contribution in [0, 0.1) is 5.92 Å². The van der Waals surface area contributed by atoms with E-state index >= 15 is 0 Å². The van der Waals surface area contributed by atoms with Gasteiger partial charge in [0.05, 0.1) is 6.10 Å². The van der Waals surface area contributed by atoms with E-state index < -0.39 is 0 Å². The van der Waals surface area contributed by atoms with Crippen LogP contribution in [-0.4, -0.2) is 25.3 Å². The molecule has 0 spiro atoms. The van der Waals surface area contributed by atoms with Crippen molar-refractivity contribution in [3.8, 4) is 0 Å². The van der Waals surface area contributed by atoms with E-state index in [1.807, 2.05) is 0 Å². The van der Waals surface area contributed by atoms with Crippen LogP contribution in [0.5, 0.6) is 0 Å². The quantitative estimate of drug-likeness (QED) is 0.700. The molecule has 1 aliphatic carbocycles. The highest BCUT2D eigenvalue weighted by Gasteiger charge is 2.23. The highest BCUT2D eigenvalue weighted by molar-refractivity contribution is 4.77. The number of hydrogen-bond acceptors (Lipinski definition) is 2. The van der Waals surface area contributed by atoms with Crippen LogP contribution in [0.1, 0.15) is 64.7 Å². The molecule has 2 heteroatoms. The molecule has 1 aliphatic heterocycles. The van der Waals surface area contributed by atoms with Gasteiger partial charge >= 0.3 is 0 Å². The third-order valence-corrected chi connectivity index (χ3v) is 4.22. The van der Waals surface area contributed by atoms with Gasteiger partial charge in [-0.2, -0.15) is 0 Å². The lowest BCUT2D eigenvalue weighted by atomic mass is 9.98. The lowest BCUT2D eigenvalue weighted by Gasteiger charge is -2.25. The van der Waals surface area contributed by atoms with E-state index in [4.69, 9.17) is 4.74 Å². The van der Waals surface area contributed by atoms with Gasteiger partial charge in [0.1, 0.15) is 0 Å². The van der Waals surface area contributed by atoms with Gasteiger partial charge in [0, 0.05) is 12.6 Å². The topological polar surface area (TPSA) is 21.3 Å². The molecule has 0 aromatic rings. The van der Waals surface area contributed by atoms with Gasteiger partial charge in [0.15, 0.2) is 0 Å². The molecule has 1 saturated heterocycles. The predicted molar refractivity (Wildman–Crippen MR) is 72.2 cm³/mol. The van der Waals surface area contributed by atoms with E-state index in [0.29, 0.717) is 6.10 Å². The molecule has 2 rings (SSSR count). The van der Waals surface area contributed by atoms with Crippen molar-refractivity contribution in [3.05, 3.63) is 0 Å². The molecule has 1 N–H and O–H groups in total. The second-order valence-corrected chi connectivity index (χ2v) is 5.84. The minimum Gasteiger partial charge on any atom is -0.378 e. The Balaban J connectivity index is 1.60. The maximum absolute atomic E-state index is 5.82. The first kappa shape index (κ1) is 13.4. The first-order chi connectivity index (χ1) is 8.38. The van der Waals surface area contributed by atoms with Crippen molar-refractivity contribution in [2.45, 2.75) is 76.9 Å². The molecule has 2 fully saturated rings. The van der Waals surface area contributed by atoms with Crippen LogP contribution in [-0.2, 0) is 4.74 Å². The van der Waals surface area contributed by atoms with Crippen molar-refractivity contribution in [1.82, 2.24) is 5.32 Å². The Morgan fingerprint density at radius 3 is 2.59 bits per heavy atom. The molecular formula is C15H29NO. The molecule has 2 atom stereocenters. The fraction of sp³-hybridized carbons (Fsp3) is 1.00. The maximum Gasteiger partial charge on any atom is 0.0575 e. The van der Waals surface area contributed by atoms with Crippen LogP contribution in [0.3, 0.4) is 0 Å². The molecule has 0 bridgehead atoms. The molecule has 2 nitrogen and oxygen atoms in total. The second-order valence-electron chi connectivity index (χ2n) is 5.84. The van der Waals surface area contributed by atoms with Crippen LogP contribution >= 0.6 is 0 Å². The number of ether oxygens (including phenoxy) is 1. The molecule has 0 aromatic carbocycles. The van der Waals surface area contributed by atoms with Gasteiger partial charge in [-0.1, -0.05) is 19.8 Å². The van der Waals surface area contributed by atoms with Gasteiger partial charge < -0.3 is 10.1 Å². The lowest BCUT2D eigenvalue weighted by molar-refractivity contribution is 0.00842. The summed E-state index contributed by atoms with van der Waals surface area (Å²) >= 11 is 0. The Morgan fingerprint density at radius 1 is 1.12 bits per heavy atom. The summed E-state index contributed by atoms with van der Waals surface area (Å²) in [6.07, 6.45) is 12.9. The average Bonchev–Trinajstić information content (AvgIpc) is 3.18.